The molecule has 4 aromatic rings. The summed E-state index contributed by atoms with van der Waals surface area (Å²) in [6, 6.07) is 12.1. The normalized spacial score (nSPS) is 16.1. The second-order valence-corrected chi connectivity index (χ2v) is 11.8. The second kappa shape index (κ2) is 14.4. The maximum atomic E-state index is 14.2. The van der Waals surface area contributed by atoms with E-state index in [2.05, 4.69) is 0 Å². The lowest BCUT2D eigenvalue weighted by atomic mass is 9.71. The Hall–Kier alpha value is -7.10. The number of ether oxygens (including phenoxy) is 2. The number of hydrogen-bond donors (Lipinski definition) is 10. The highest BCUT2D eigenvalue weighted by Crippen LogP contribution is 2.52. The molecule has 1 aliphatic rings. The van der Waals surface area contributed by atoms with Gasteiger partial charge in [-0.2, -0.15) is 0 Å². The van der Waals surface area contributed by atoms with Crippen LogP contribution in [-0.4, -0.2) is 87.2 Å². The van der Waals surface area contributed by atoms with Crippen LogP contribution >= 0.6 is 0 Å². The van der Waals surface area contributed by atoms with Gasteiger partial charge in [0.2, 0.25) is 12.2 Å². The molecule has 16 nitrogen and oxygen atoms in total. The Kier molecular flexibility index (Phi) is 10.0. The molecular formula is C36H30O16. The highest BCUT2D eigenvalue weighted by molar-refractivity contribution is 6.01. The molecule has 0 fully saturated rings. The van der Waals surface area contributed by atoms with Crippen molar-refractivity contribution in [3.63, 3.8) is 0 Å². The molecule has 1 aliphatic carbocycles. The number of carboxylic acid groups (broad SMARTS) is 2. The first kappa shape index (κ1) is 36.2. The molecule has 0 saturated carbocycles. The third-order valence-electron chi connectivity index (χ3n) is 8.35. The first-order valence-corrected chi connectivity index (χ1v) is 15.2. The summed E-state index contributed by atoms with van der Waals surface area (Å²) < 4.78 is 10.8. The van der Waals surface area contributed by atoms with E-state index in [0.29, 0.717) is 0 Å². The molecule has 10 N–H and O–H groups in total. The van der Waals surface area contributed by atoms with Crippen molar-refractivity contribution in [3.8, 4) is 46.0 Å². The summed E-state index contributed by atoms with van der Waals surface area (Å²) in [5.41, 5.74) is -0.735. The van der Waals surface area contributed by atoms with Crippen molar-refractivity contribution in [1.82, 2.24) is 0 Å². The van der Waals surface area contributed by atoms with E-state index in [1.54, 1.807) is 0 Å². The summed E-state index contributed by atoms with van der Waals surface area (Å²) in [6.45, 7) is 0. The van der Waals surface area contributed by atoms with Gasteiger partial charge < -0.3 is 60.5 Å². The lowest BCUT2D eigenvalue weighted by Gasteiger charge is -2.34. The highest BCUT2D eigenvalue weighted by Gasteiger charge is 2.46. The first-order valence-electron chi connectivity index (χ1n) is 15.2. The van der Waals surface area contributed by atoms with Gasteiger partial charge in [-0.3, -0.25) is 4.79 Å². The molecule has 0 aromatic heterocycles. The number of phenolic OH excluding ortho intramolecular Hbond substituents is 8. The fourth-order valence-electron chi connectivity index (χ4n) is 5.80. The van der Waals surface area contributed by atoms with Crippen LogP contribution < -0.4 is 0 Å². The number of carbonyl (C=O) groups excluding carboxylic acids is 2. The van der Waals surface area contributed by atoms with Gasteiger partial charge in [-0.1, -0.05) is 24.3 Å². The fourth-order valence-corrected chi connectivity index (χ4v) is 5.80. The van der Waals surface area contributed by atoms with Crippen LogP contribution in [0.5, 0.6) is 46.0 Å². The number of fused-ring (bicyclic) bond motifs is 1. The number of hydrogen-bond acceptors (Lipinski definition) is 14. The Morgan fingerprint density at radius 1 is 0.577 bits per heavy atom. The zero-order valence-corrected chi connectivity index (χ0v) is 26.6. The molecular weight excluding hydrogens is 688 g/mol. The van der Waals surface area contributed by atoms with Gasteiger partial charge in [-0.05, 0) is 70.8 Å². The molecule has 16 heteroatoms. The van der Waals surface area contributed by atoms with Crippen LogP contribution in [0.15, 0.2) is 72.3 Å². The molecule has 0 aliphatic heterocycles. The van der Waals surface area contributed by atoms with E-state index in [9.17, 15) is 70.2 Å². The van der Waals surface area contributed by atoms with Crippen LogP contribution in [-0.2, 0) is 41.5 Å². The molecule has 4 atom stereocenters. The molecule has 0 amide bonds. The molecule has 0 saturated heterocycles. The number of benzene rings is 4. The van der Waals surface area contributed by atoms with Gasteiger partial charge in [0.05, 0.1) is 5.92 Å². The maximum Gasteiger partial charge on any atom is 0.345 e. The number of carbonyl (C=O) groups is 4. The summed E-state index contributed by atoms with van der Waals surface area (Å²) in [6.07, 6.45) is -3.80. The van der Waals surface area contributed by atoms with Crippen LogP contribution in [0.25, 0.3) is 6.08 Å². The Bertz CT molecular complexity index is 2120. The molecule has 0 heterocycles. The predicted molar refractivity (Wildman–Crippen MR) is 175 cm³/mol. The Morgan fingerprint density at radius 2 is 1.06 bits per heavy atom. The molecule has 0 unspecified atom stereocenters. The van der Waals surface area contributed by atoms with Crippen LogP contribution in [0.3, 0.4) is 0 Å². The van der Waals surface area contributed by atoms with Crippen molar-refractivity contribution in [2.45, 2.75) is 36.9 Å². The molecule has 270 valence electrons. The summed E-state index contributed by atoms with van der Waals surface area (Å²) in [5.74, 6) is -14.6. The number of esters is 2. The smallest absolute Gasteiger partial charge is 0.345 e. The highest BCUT2D eigenvalue weighted by atomic mass is 16.6. The molecule has 5 rings (SSSR count). The van der Waals surface area contributed by atoms with Crippen molar-refractivity contribution >= 4 is 30.0 Å². The summed E-state index contributed by atoms with van der Waals surface area (Å²) in [5, 5.41) is 101. The van der Waals surface area contributed by atoms with Gasteiger partial charge in [0.1, 0.15) is 0 Å². The minimum absolute atomic E-state index is 0.0749. The SMILES string of the molecule is O=C(O[C@@H](Cc1ccc(O)c(O)c1)C(=O)O)C1=Cc2ccc(O)c(O)c2[C@@H](C(=O)O[C@@H](Cc2ccc(O)c(O)c2)C(=O)O)[C@@H]1c1ccc(O)c(O)c1. The van der Waals surface area contributed by atoms with Crippen LogP contribution in [0, 0.1) is 0 Å². The molecule has 0 spiro atoms. The number of aromatic hydroxyl groups is 8. The van der Waals surface area contributed by atoms with Gasteiger partial charge in [-0.15, -0.1) is 0 Å². The third-order valence-corrected chi connectivity index (χ3v) is 8.35. The van der Waals surface area contributed by atoms with Crippen molar-refractivity contribution in [2.75, 3.05) is 0 Å². The number of aliphatic carboxylic acids is 2. The van der Waals surface area contributed by atoms with Gasteiger partial charge in [0, 0.05) is 29.9 Å². The minimum Gasteiger partial charge on any atom is -0.504 e. The number of carboxylic acids is 2. The molecule has 0 radical (unpaired) electrons. The van der Waals surface area contributed by atoms with Crippen LogP contribution in [0.2, 0.25) is 0 Å². The Labute approximate surface area is 292 Å². The Morgan fingerprint density at radius 3 is 1.56 bits per heavy atom. The largest absolute Gasteiger partial charge is 0.504 e. The summed E-state index contributed by atoms with van der Waals surface area (Å²) in [7, 11) is 0. The van der Waals surface area contributed by atoms with E-state index in [-0.39, 0.29) is 27.8 Å². The number of rotatable bonds is 11. The zero-order chi connectivity index (χ0) is 38.0. The van der Waals surface area contributed by atoms with Gasteiger partial charge in [0.25, 0.3) is 0 Å². The lowest BCUT2D eigenvalue weighted by Crippen LogP contribution is -2.37. The summed E-state index contributed by atoms with van der Waals surface area (Å²) in [4.78, 5) is 52.7. The van der Waals surface area contributed by atoms with E-state index >= 15 is 0 Å². The van der Waals surface area contributed by atoms with Crippen LogP contribution in [0.4, 0.5) is 0 Å². The average Bonchev–Trinajstić information content (AvgIpc) is 3.09. The number of phenols is 8. The third kappa shape index (κ3) is 7.40. The van der Waals surface area contributed by atoms with Crippen molar-refractivity contribution < 1.29 is 79.7 Å². The van der Waals surface area contributed by atoms with Crippen LogP contribution in [0.1, 0.15) is 39.7 Å². The predicted octanol–water partition coefficient (Wildman–Crippen LogP) is 3.07. The summed E-state index contributed by atoms with van der Waals surface area (Å²) >= 11 is 0. The molecule has 4 aromatic carbocycles. The van der Waals surface area contributed by atoms with E-state index < -0.39 is 112 Å². The van der Waals surface area contributed by atoms with Crippen molar-refractivity contribution in [2.24, 2.45) is 0 Å². The average molecular weight is 719 g/mol. The monoisotopic (exact) mass is 718 g/mol. The van der Waals surface area contributed by atoms with Gasteiger partial charge in [0.15, 0.2) is 46.0 Å². The maximum absolute atomic E-state index is 14.2. The van der Waals surface area contributed by atoms with Gasteiger partial charge in [-0.25, -0.2) is 14.4 Å². The quantitative estimate of drug-likeness (QED) is 0.0787. The molecule has 0 bridgehead atoms. The zero-order valence-electron chi connectivity index (χ0n) is 26.6. The van der Waals surface area contributed by atoms with Gasteiger partial charge >= 0.3 is 23.9 Å². The van der Waals surface area contributed by atoms with Crippen molar-refractivity contribution in [3.05, 3.63) is 100 Å². The Balaban J connectivity index is 1.61. The van der Waals surface area contributed by atoms with E-state index in [0.717, 1.165) is 48.5 Å². The van der Waals surface area contributed by atoms with Crippen molar-refractivity contribution in [1.29, 1.82) is 0 Å². The van der Waals surface area contributed by atoms with E-state index in [1.165, 1.54) is 24.3 Å². The fraction of sp³-hybridized carbons (Fsp3) is 0.167. The second-order valence-electron chi connectivity index (χ2n) is 11.8. The lowest BCUT2D eigenvalue weighted by molar-refractivity contribution is -0.165. The van der Waals surface area contributed by atoms with E-state index in [4.69, 9.17) is 9.47 Å². The topological polar surface area (TPSA) is 289 Å². The standard InChI is InChI=1S/C36H30O16/c37-20-5-1-15(9-24(20)41)11-27(33(45)46)51-35(49)19-13-17-4-8-23(40)32(44)30(17)31(29(19)18-3-7-22(39)26(43)14-18)36(50)52-28(34(47)48)12-16-2-6-21(38)25(42)10-16/h1-10,13-14,27-29,31,37-44H,11-12H2,(H,45,46)(H,47,48)/t27-,28-,29+,31-/m0/s1. The molecule has 52 heavy (non-hydrogen) atoms. The van der Waals surface area contributed by atoms with E-state index in [1.807, 2.05) is 0 Å². The first-order chi connectivity index (χ1) is 24.5. The minimum atomic E-state index is -1.97.